The molecule has 3 heterocycles. The molecule has 144 valence electrons. The highest BCUT2D eigenvalue weighted by Gasteiger charge is 2.33. The number of amides is 1. The molecule has 2 aromatic heterocycles. The summed E-state index contributed by atoms with van der Waals surface area (Å²) in [4.78, 5) is 31.1. The number of nitrogens with one attached hydrogen (secondary N) is 1. The molecule has 1 fully saturated rings. The van der Waals surface area contributed by atoms with E-state index in [1.165, 1.54) is 4.90 Å². The predicted octanol–water partition coefficient (Wildman–Crippen LogP) is 1.68. The fourth-order valence-electron chi connectivity index (χ4n) is 2.89. The zero-order chi connectivity index (χ0) is 19.6. The number of alkyl halides is 3. The van der Waals surface area contributed by atoms with Gasteiger partial charge in [-0.1, -0.05) is 17.7 Å². The smallest absolute Gasteiger partial charge is 0.333 e. The molecular formula is C17H17ClF3N4O2+. The normalized spacial score (nSPS) is 15.1. The summed E-state index contributed by atoms with van der Waals surface area (Å²) in [5.74, 6) is 0.495. The van der Waals surface area contributed by atoms with Crippen LogP contribution in [-0.4, -0.2) is 41.6 Å². The van der Waals surface area contributed by atoms with E-state index in [0.29, 0.717) is 43.0 Å². The summed E-state index contributed by atoms with van der Waals surface area (Å²) in [6.45, 7) is 1.47. The Kier molecular flexibility index (Phi) is 5.41. The van der Waals surface area contributed by atoms with Gasteiger partial charge in [0.2, 0.25) is 5.91 Å². The number of carbonyl (C=O) groups excluding carboxylic acids is 1. The van der Waals surface area contributed by atoms with Crippen LogP contribution in [0, 0.1) is 0 Å². The van der Waals surface area contributed by atoms with Gasteiger partial charge in [0, 0.05) is 12.3 Å². The van der Waals surface area contributed by atoms with Crippen LogP contribution in [0.5, 0.6) is 0 Å². The van der Waals surface area contributed by atoms with Crippen LogP contribution in [-0.2, 0) is 17.5 Å². The number of carbonyl (C=O) groups is 1. The monoisotopic (exact) mass is 401 g/mol. The van der Waals surface area contributed by atoms with Crippen LogP contribution in [0.2, 0.25) is 5.02 Å². The molecule has 1 aliphatic heterocycles. The van der Waals surface area contributed by atoms with Gasteiger partial charge in [-0.2, -0.15) is 13.2 Å². The first kappa shape index (κ1) is 19.2. The average molecular weight is 402 g/mol. The molecule has 1 amide bonds. The molecule has 0 spiro atoms. The Morgan fingerprint density at radius 2 is 1.89 bits per heavy atom. The van der Waals surface area contributed by atoms with E-state index in [-0.39, 0.29) is 0 Å². The summed E-state index contributed by atoms with van der Waals surface area (Å²) in [7, 11) is 0. The fraction of sp³-hybridized carbons (Fsp3) is 0.353. The van der Waals surface area contributed by atoms with E-state index in [0.717, 1.165) is 5.82 Å². The second kappa shape index (κ2) is 7.59. The molecular weight excluding hydrogens is 385 g/mol. The van der Waals surface area contributed by atoms with Crippen LogP contribution in [0.15, 0.2) is 41.5 Å². The summed E-state index contributed by atoms with van der Waals surface area (Å²) in [5.41, 5.74) is -1.89. The van der Waals surface area contributed by atoms with E-state index < -0.39 is 34.8 Å². The Bertz CT molecular complexity index is 878. The van der Waals surface area contributed by atoms with Gasteiger partial charge in [0.05, 0.1) is 24.8 Å². The quantitative estimate of drug-likeness (QED) is 0.786. The van der Waals surface area contributed by atoms with Crippen molar-refractivity contribution in [3.8, 4) is 0 Å². The highest BCUT2D eigenvalue weighted by molar-refractivity contribution is 6.30. The molecule has 0 aliphatic carbocycles. The summed E-state index contributed by atoms with van der Waals surface area (Å²) < 4.78 is 39.4. The lowest BCUT2D eigenvalue weighted by Gasteiger charge is -2.31. The molecule has 27 heavy (non-hydrogen) atoms. The molecule has 3 rings (SSSR count). The molecule has 1 saturated heterocycles. The number of aromatic nitrogens is 2. The largest absolute Gasteiger partial charge is 0.417 e. The minimum atomic E-state index is -4.65. The molecule has 0 bridgehead atoms. The second-order valence-electron chi connectivity index (χ2n) is 6.12. The van der Waals surface area contributed by atoms with Gasteiger partial charge in [0.25, 0.3) is 11.4 Å². The average Bonchev–Trinajstić information content (AvgIpc) is 2.65. The minimum absolute atomic E-state index is 0.406. The second-order valence-corrected chi connectivity index (χ2v) is 6.53. The van der Waals surface area contributed by atoms with Crippen molar-refractivity contribution in [2.75, 3.05) is 31.1 Å². The van der Waals surface area contributed by atoms with Crippen LogP contribution in [0.4, 0.5) is 19.0 Å². The molecule has 1 aliphatic rings. The van der Waals surface area contributed by atoms with Crippen molar-refractivity contribution in [2.24, 2.45) is 0 Å². The zero-order valence-corrected chi connectivity index (χ0v) is 14.9. The zero-order valence-electron chi connectivity index (χ0n) is 14.2. The van der Waals surface area contributed by atoms with Crippen LogP contribution in [0.25, 0.3) is 0 Å². The SMILES string of the molecule is O=C(Cn1cc(C(F)(F)F)cc(Cl)c1=O)N1CCN(c2cccc[nH+]2)CC1. The van der Waals surface area contributed by atoms with E-state index in [4.69, 9.17) is 11.6 Å². The molecule has 0 radical (unpaired) electrons. The Morgan fingerprint density at radius 3 is 2.48 bits per heavy atom. The van der Waals surface area contributed by atoms with E-state index in [1.54, 1.807) is 6.20 Å². The van der Waals surface area contributed by atoms with Gasteiger partial charge in [0.1, 0.15) is 24.7 Å². The van der Waals surface area contributed by atoms with Gasteiger partial charge in [-0.15, -0.1) is 0 Å². The number of H-pyrrole nitrogens is 1. The first-order valence-electron chi connectivity index (χ1n) is 8.22. The highest BCUT2D eigenvalue weighted by atomic mass is 35.5. The van der Waals surface area contributed by atoms with Crippen molar-refractivity contribution in [1.82, 2.24) is 9.47 Å². The Morgan fingerprint density at radius 1 is 1.19 bits per heavy atom. The van der Waals surface area contributed by atoms with E-state index >= 15 is 0 Å². The van der Waals surface area contributed by atoms with Crippen molar-refractivity contribution in [2.45, 2.75) is 12.7 Å². The number of nitrogens with zero attached hydrogens (tertiary/aromatic N) is 3. The summed E-state index contributed by atoms with van der Waals surface area (Å²) >= 11 is 5.61. The van der Waals surface area contributed by atoms with Crippen molar-refractivity contribution >= 4 is 23.3 Å². The molecule has 10 heteroatoms. The lowest BCUT2D eigenvalue weighted by Crippen LogP contribution is -2.51. The van der Waals surface area contributed by atoms with E-state index in [2.05, 4.69) is 9.88 Å². The lowest BCUT2D eigenvalue weighted by molar-refractivity contribution is -0.364. The van der Waals surface area contributed by atoms with Gasteiger partial charge in [-0.25, -0.2) is 4.98 Å². The minimum Gasteiger partial charge on any atom is -0.333 e. The van der Waals surface area contributed by atoms with Gasteiger partial charge in [-0.05, 0) is 12.1 Å². The van der Waals surface area contributed by atoms with Crippen LogP contribution < -0.4 is 15.4 Å². The number of piperazine rings is 1. The third kappa shape index (κ3) is 4.41. The van der Waals surface area contributed by atoms with Crippen LogP contribution >= 0.6 is 11.6 Å². The molecule has 0 saturated carbocycles. The number of aromatic amines is 1. The summed E-state index contributed by atoms with van der Waals surface area (Å²) in [6.07, 6.45) is -2.22. The molecule has 0 unspecified atom stereocenters. The Hall–Kier alpha value is -2.55. The highest BCUT2D eigenvalue weighted by Crippen LogP contribution is 2.29. The molecule has 0 atom stereocenters. The Balaban J connectivity index is 1.68. The van der Waals surface area contributed by atoms with Crippen molar-refractivity contribution < 1.29 is 22.9 Å². The summed E-state index contributed by atoms with van der Waals surface area (Å²) in [5, 5.41) is -0.568. The topological polar surface area (TPSA) is 59.7 Å². The fourth-order valence-corrected chi connectivity index (χ4v) is 3.12. The van der Waals surface area contributed by atoms with Crippen molar-refractivity contribution in [3.63, 3.8) is 0 Å². The van der Waals surface area contributed by atoms with Crippen molar-refractivity contribution in [1.29, 1.82) is 0 Å². The first-order chi connectivity index (χ1) is 12.8. The predicted molar refractivity (Wildman–Crippen MR) is 92.5 cm³/mol. The van der Waals surface area contributed by atoms with Crippen molar-refractivity contribution in [3.05, 3.63) is 57.6 Å². The summed E-state index contributed by atoms with van der Waals surface area (Å²) in [6, 6.07) is 6.25. The Labute approximate surface area is 157 Å². The number of hydrogen-bond acceptors (Lipinski definition) is 3. The van der Waals surface area contributed by atoms with Gasteiger partial charge in [0.15, 0.2) is 0 Å². The lowest BCUT2D eigenvalue weighted by atomic mass is 10.2. The maximum absolute atomic E-state index is 12.9. The third-order valence-corrected chi connectivity index (χ3v) is 4.61. The maximum Gasteiger partial charge on any atom is 0.417 e. The number of hydrogen-bond donors (Lipinski definition) is 0. The number of anilines is 1. The number of halogens is 4. The van der Waals surface area contributed by atoms with Gasteiger partial charge >= 0.3 is 6.18 Å². The van der Waals surface area contributed by atoms with Crippen LogP contribution in [0.1, 0.15) is 5.56 Å². The maximum atomic E-state index is 12.9. The molecule has 1 N–H and O–H groups in total. The third-order valence-electron chi connectivity index (χ3n) is 4.34. The van der Waals surface area contributed by atoms with E-state index in [1.807, 2.05) is 18.2 Å². The number of pyridine rings is 2. The van der Waals surface area contributed by atoms with Crippen LogP contribution in [0.3, 0.4) is 0 Å². The number of rotatable bonds is 3. The first-order valence-corrected chi connectivity index (χ1v) is 8.60. The molecule has 2 aromatic rings. The molecule has 0 aromatic carbocycles. The standard InChI is InChI=1S/C17H16ClF3N4O2/c18-13-9-12(17(19,20)21)10-25(16(13)27)11-15(26)24-7-5-23(6-8-24)14-3-1-2-4-22-14/h1-4,9-10H,5-8,11H2/p+1. The molecule has 6 nitrogen and oxygen atoms in total. The van der Waals surface area contributed by atoms with E-state index in [9.17, 15) is 22.8 Å². The van der Waals surface area contributed by atoms with Gasteiger partial charge in [-0.3, -0.25) is 14.5 Å². The van der Waals surface area contributed by atoms with Gasteiger partial charge < -0.3 is 9.47 Å².